The van der Waals surface area contributed by atoms with E-state index in [0.717, 1.165) is 24.5 Å². The fourth-order valence-corrected chi connectivity index (χ4v) is 4.29. The zero-order chi connectivity index (χ0) is 14.1. The molecule has 3 heteroatoms. The van der Waals surface area contributed by atoms with Gasteiger partial charge in [0.05, 0.1) is 11.9 Å². The average molecular weight is 285 g/mol. The smallest absolute Gasteiger partial charge is 0.0600 e. The van der Waals surface area contributed by atoms with Crippen LogP contribution in [0.2, 0.25) is 0 Å². The molecule has 21 heavy (non-hydrogen) atoms. The third kappa shape index (κ3) is 2.94. The second-order valence-corrected chi connectivity index (χ2v) is 7.11. The Hall–Kier alpha value is -1.09. The summed E-state index contributed by atoms with van der Waals surface area (Å²) in [4.78, 5) is 7.13. The molecular formula is C18H27N3. The van der Waals surface area contributed by atoms with Crippen LogP contribution >= 0.6 is 0 Å². The van der Waals surface area contributed by atoms with Crippen molar-refractivity contribution in [1.82, 2.24) is 10.3 Å². The van der Waals surface area contributed by atoms with Crippen molar-refractivity contribution in [2.24, 2.45) is 5.92 Å². The van der Waals surface area contributed by atoms with Crippen molar-refractivity contribution in [3.8, 4) is 0 Å². The number of rotatable bonds is 4. The molecule has 2 atom stereocenters. The standard InChI is InChI=1S/C18H27N3/c1-2-6-17-14(4-1)5-3-11-21(17)18-13-19-10-9-15(18)12-20-16-7-8-16/h9-10,13-14,16-17,20H,1-8,11-12H2/t14-,17-/m1/s1. The normalized spacial score (nSPS) is 29.2. The van der Waals surface area contributed by atoms with E-state index in [9.17, 15) is 0 Å². The molecule has 1 aromatic rings. The lowest BCUT2D eigenvalue weighted by Gasteiger charge is -2.46. The topological polar surface area (TPSA) is 28.2 Å². The number of aromatic nitrogens is 1. The largest absolute Gasteiger partial charge is 0.367 e. The Balaban J connectivity index is 1.55. The predicted molar refractivity (Wildman–Crippen MR) is 86.4 cm³/mol. The highest BCUT2D eigenvalue weighted by Gasteiger charge is 2.34. The number of anilines is 1. The van der Waals surface area contributed by atoms with Gasteiger partial charge in [0.15, 0.2) is 0 Å². The fraction of sp³-hybridized carbons (Fsp3) is 0.722. The first-order valence-electron chi connectivity index (χ1n) is 8.85. The van der Waals surface area contributed by atoms with E-state index in [1.54, 1.807) is 0 Å². The van der Waals surface area contributed by atoms with Crippen molar-refractivity contribution in [2.75, 3.05) is 11.4 Å². The monoisotopic (exact) mass is 285 g/mol. The maximum Gasteiger partial charge on any atom is 0.0600 e. The molecule has 0 aromatic carbocycles. The van der Waals surface area contributed by atoms with E-state index < -0.39 is 0 Å². The number of nitrogens with zero attached hydrogens (tertiary/aromatic N) is 2. The molecular weight excluding hydrogens is 258 g/mol. The van der Waals surface area contributed by atoms with Crippen LogP contribution in [-0.4, -0.2) is 23.6 Å². The highest BCUT2D eigenvalue weighted by Crippen LogP contribution is 2.38. The Kier molecular flexibility index (Phi) is 3.85. The van der Waals surface area contributed by atoms with Gasteiger partial charge in [-0.1, -0.05) is 12.8 Å². The number of piperidine rings is 1. The molecule has 1 saturated heterocycles. The summed E-state index contributed by atoms with van der Waals surface area (Å²) in [7, 11) is 0. The van der Waals surface area contributed by atoms with Crippen LogP contribution in [-0.2, 0) is 6.54 Å². The molecule has 0 radical (unpaired) electrons. The Bertz CT molecular complexity index is 481. The van der Waals surface area contributed by atoms with Crippen LogP contribution in [0, 0.1) is 5.92 Å². The Morgan fingerprint density at radius 2 is 1.95 bits per heavy atom. The fourth-order valence-electron chi connectivity index (χ4n) is 4.29. The predicted octanol–water partition coefficient (Wildman–Crippen LogP) is 3.49. The van der Waals surface area contributed by atoms with Crippen LogP contribution in [0.5, 0.6) is 0 Å². The highest BCUT2D eigenvalue weighted by atomic mass is 15.2. The van der Waals surface area contributed by atoms with E-state index in [1.807, 2.05) is 6.20 Å². The third-order valence-electron chi connectivity index (χ3n) is 5.60. The van der Waals surface area contributed by atoms with Gasteiger partial charge in [0.25, 0.3) is 0 Å². The van der Waals surface area contributed by atoms with E-state index in [-0.39, 0.29) is 0 Å². The van der Waals surface area contributed by atoms with Crippen LogP contribution in [0.25, 0.3) is 0 Å². The number of nitrogens with one attached hydrogen (secondary N) is 1. The molecule has 3 fully saturated rings. The summed E-state index contributed by atoms with van der Waals surface area (Å²) >= 11 is 0. The second-order valence-electron chi connectivity index (χ2n) is 7.11. The summed E-state index contributed by atoms with van der Waals surface area (Å²) in [6.45, 7) is 2.24. The van der Waals surface area contributed by atoms with Gasteiger partial charge < -0.3 is 10.2 Å². The van der Waals surface area contributed by atoms with Crippen molar-refractivity contribution >= 4 is 5.69 Å². The first-order chi connectivity index (χ1) is 10.4. The van der Waals surface area contributed by atoms with Crippen molar-refractivity contribution in [3.63, 3.8) is 0 Å². The molecule has 0 unspecified atom stereocenters. The van der Waals surface area contributed by atoms with Crippen molar-refractivity contribution in [3.05, 3.63) is 24.0 Å². The van der Waals surface area contributed by atoms with Crippen LogP contribution in [0.1, 0.15) is 56.9 Å². The van der Waals surface area contributed by atoms with E-state index in [1.165, 1.54) is 69.2 Å². The zero-order valence-electron chi connectivity index (χ0n) is 12.9. The summed E-state index contributed by atoms with van der Waals surface area (Å²) in [6, 6.07) is 3.77. The van der Waals surface area contributed by atoms with E-state index in [4.69, 9.17) is 0 Å². The van der Waals surface area contributed by atoms with Gasteiger partial charge in [0.2, 0.25) is 0 Å². The molecule has 1 N–H and O–H groups in total. The van der Waals surface area contributed by atoms with Gasteiger partial charge in [-0.2, -0.15) is 0 Å². The van der Waals surface area contributed by atoms with E-state index in [2.05, 4.69) is 27.5 Å². The molecule has 1 aromatic heterocycles. The van der Waals surface area contributed by atoms with Gasteiger partial charge in [-0.05, 0) is 56.1 Å². The summed E-state index contributed by atoms with van der Waals surface area (Å²) in [6.07, 6.45) is 15.3. The Morgan fingerprint density at radius 3 is 2.86 bits per heavy atom. The lowest BCUT2D eigenvalue weighted by molar-refractivity contribution is 0.243. The maximum atomic E-state index is 4.43. The summed E-state index contributed by atoms with van der Waals surface area (Å²) in [5, 5.41) is 3.67. The number of hydrogen-bond acceptors (Lipinski definition) is 3. The molecule has 4 rings (SSSR count). The lowest BCUT2D eigenvalue weighted by Crippen LogP contribution is -2.47. The summed E-state index contributed by atoms with van der Waals surface area (Å²) in [5.41, 5.74) is 2.85. The lowest BCUT2D eigenvalue weighted by atomic mass is 9.78. The minimum Gasteiger partial charge on any atom is -0.367 e. The van der Waals surface area contributed by atoms with E-state index >= 15 is 0 Å². The molecule has 0 bridgehead atoms. The minimum absolute atomic E-state index is 0.773. The first-order valence-corrected chi connectivity index (χ1v) is 8.85. The zero-order valence-corrected chi connectivity index (χ0v) is 12.9. The molecule has 2 aliphatic carbocycles. The first kappa shape index (κ1) is 13.6. The van der Waals surface area contributed by atoms with Gasteiger partial charge in [-0.3, -0.25) is 4.98 Å². The van der Waals surface area contributed by atoms with Crippen molar-refractivity contribution in [1.29, 1.82) is 0 Å². The van der Waals surface area contributed by atoms with Gasteiger partial charge in [-0.15, -0.1) is 0 Å². The Morgan fingerprint density at radius 1 is 1.10 bits per heavy atom. The molecule has 2 heterocycles. The number of fused-ring (bicyclic) bond motifs is 1. The average Bonchev–Trinajstić information content (AvgIpc) is 3.37. The second kappa shape index (κ2) is 5.96. The maximum absolute atomic E-state index is 4.43. The highest BCUT2D eigenvalue weighted by molar-refractivity contribution is 5.53. The molecule has 3 nitrogen and oxygen atoms in total. The Labute approximate surface area is 128 Å². The number of hydrogen-bond donors (Lipinski definition) is 1. The molecule has 0 spiro atoms. The third-order valence-corrected chi connectivity index (χ3v) is 5.60. The van der Waals surface area contributed by atoms with E-state index in [0.29, 0.717) is 0 Å². The number of pyridine rings is 1. The van der Waals surface area contributed by atoms with Crippen LogP contribution in [0.3, 0.4) is 0 Å². The van der Waals surface area contributed by atoms with Crippen LogP contribution < -0.4 is 10.2 Å². The molecule has 0 amide bonds. The van der Waals surface area contributed by atoms with Crippen LogP contribution in [0.4, 0.5) is 5.69 Å². The minimum atomic E-state index is 0.773. The summed E-state index contributed by atoms with van der Waals surface area (Å²) < 4.78 is 0. The van der Waals surface area contributed by atoms with Gasteiger partial charge in [0.1, 0.15) is 0 Å². The molecule has 114 valence electrons. The summed E-state index contributed by atoms with van der Waals surface area (Å²) in [5.74, 6) is 0.928. The van der Waals surface area contributed by atoms with Gasteiger partial charge in [-0.25, -0.2) is 0 Å². The SMILES string of the molecule is c1cc(CNC2CC2)c(N2CCC[C@H]3CCCC[C@H]32)cn1. The quantitative estimate of drug-likeness (QED) is 0.918. The molecule has 1 aliphatic heterocycles. The van der Waals surface area contributed by atoms with Gasteiger partial charge in [0, 0.05) is 31.4 Å². The van der Waals surface area contributed by atoms with Crippen molar-refractivity contribution < 1.29 is 0 Å². The van der Waals surface area contributed by atoms with Gasteiger partial charge >= 0.3 is 0 Å². The van der Waals surface area contributed by atoms with Crippen LogP contribution in [0.15, 0.2) is 18.5 Å². The molecule has 3 aliphatic rings. The van der Waals surface area contributed by atoms with Crippen molar-refractivity contribution in [2.45, 2.75) is 70.0 Å². The molecule has 2 saturated carbocycles.